The molecule has 0 radical (unpaired) electrons. The van der Waals surface area contributed by atoms with E-state index in [-0.39, 0.29) is 5.58 Å². The Labute approximate surface area is 274 Å². The maximum atomic E-state index is 14.0. The van der Waals surface area contributed by atoms with Crippen LogP contribution in [0.5, 0.6) is 0 Å². The molecule has 2 heterocycles. The van der Waals surface area contributed by atoms with Crippen LogP contribution in [0, 0.1) is 0 Å². The Morgan fingerprint density at radius 2 is 0.957 bits per heavy atom. The van der Waals surface area contributed by atoms with Crippen LogP contribution in [0.2, 0.25) is 10.0 Å². The maximum absolute atomic E-state index is 14.0. The van der Waals surface area contributed by atoms with Crippen molar-refractivity contribution >= 4 is 69.4 Å². The number of rotatable bonds is 6. The molecule has 0 amide bonds. The molecule has 222 valence electrons. The third kappa shape index (κ3) is 5.49. The summed E-state index contributed by atoms with van der Waals surface area (Å²) in [4.78, 5) is 27.6. The van der Waals surface area contributed by atoms with E-state index in [1.165, 1.54) is 0 Å². The molecular weight excluding hydrogens is 615 g/mol. The van der Waals surface area contributed by atoms with Gasteiger partial charge in [-0.15, -0.1) is 0 Å². The van der Waals surface area contributed by atoms with Gasteiger partial charge in [0, 0.05) is 26.6 Å². The minimum Gasteiger partial charge on any atom is -0.422 e. The third-order valence-electron chi connectivity index (χ3n) is 7.82. The first-order valence-electron chi connectivity index (χ1n) is 14.6. The van der Waals surface area contributed by atoms with Crippen LogP contribution in [0.4, 0.5) is 0 Å². The third-order valence-corrected chi connectivity index (χ3v) is 8.51. The van der Waals surface area contributed by atoms with Crippen molar-refractivity contribution < 1.29 is 8.83 Å². The summed E-state index contributed by atoms with van der Waals surface area (Å²) in [5.41, 5.74) is 4.40. The molecule has 7 aromatic rings. The van der Waals surface area contributed by atoms with Crippen LogP contribution in [-0.4, -0.2) is 0 Å². The van der Waals surface area contributed by atoms with E-state index < -0.39 is 11.3 Å². The van der Waals surface area contributed by atoms with Gasteiger partial charge in [0.2, 0.25) is 0 Å². The molecule has 0 N–H and O–H groups in total. The van der Waals surface area contributed by atoms with Crippen molar-refractivity contribution in [3.05, 3.63) is 174 Å². The topological polar surface area (TPSA) is 60.4 Å². The zero-order valence-corrected chi connectivity index (χ0v) is 25.8. The molecule has 2 aromatic heterocycles. The van der Waals surface area contributed by atoms with Crippen molar-refractivity contribution in [3.8, 4) is 22.3 Å². The van der Waals surface area contributed by atoms with Gasteiger partial charge >= 0.3 is 11.3 Å². The highest BCUT2D eigenvalue weighted by atomic mass is 35.5. The molecule has 0 bridgehead atoms. The molecular formula is C40H24Cl2O4. The summed E-state index contributed by atoms with van der Waals surface area (Å²) >= 11 is 13.0. The van der Waals surface area contributed by atoms with Gasteiger partial charge in [-0.05, 0) is 46.5 Å². The van der Waals surface area contributed by atoms with E-state index in [4.69, 9.17) is 32.0 Å². The van der Waals surface area contributed by atoms with Gasteiger partial charge in [0.05, 0.1) is 16.5 Å². The van der Waals surface area contributed by atoms with Crippen LogP contribution in [0.25, 0.3) is 68.5 Å². The van der Waals surface area contributed by atoms with Gasteiger partial charge in [-0.1, -0.05) is 145 Å². The van der Waals surface area contributed by atoms with Gasteiger partial charge in [0.25, 0.3) is 0 Å². The minimum absolute atomic E-state index is 0.285. The summed E-state index contributed by atoms with van der Waals surface area (Å²) in [5, 5.41) is 2.29. The maximum Gasteiger partial charge on any atom is 0.344 e. The molecule has 46 heavy (non-hydrogen) atoms. The molecule has 0 unspecified atom stereocenters. The number of halogens is 2. The molecule has 5 aromatic carbocycles. The van der Waals surface area contributed by atoms with Gasteiger partial charge in [-0.2, -0.15) is 0 Å². The lowest BCUT2D eigenvalue weighted by Crippen LogP contribution is -2.09. The van der Waals surface area contributed by atoms with Crippen molar-refractivity contribution in [2.45, 2.75) is 0 Å². The molecule has 0 aliphatic heterocycles. The van der Waals surface area contributed by atoms with E-state index in [2.05, 4.69) is 0 Å². The second-order valence-electron chi connectivity index (χ2n) is 10.6. The molecule has 6 heteroatoms. The largest absolute Gasteiger partial charge is 0.422 e. The monoisotopic (exact) mass is 638 g/mol. The molecule has 7 rings (SSSR count). The van der Waals surface area contributed by atoms with Gasteiger partial charge in [0.1, 0.15) is 5.58 Å². The summed E-state index contributed by atoms with van der Waals surface area (Å²) in [5.74, 6) is 0. The highest BCUT2D eigenvalue weighted by molar-refractivity contribution is 6.32. The summed E-state index contributed by atoms with van der Waals surface area (Å²) in [6.45, 7) is 0. The highest BCUT2D eigenvalue weighted by Crippen LogP contribution is 2.38. The fourth-order valence-electron chi connectivity index (χ4n) is 5.66. The van der Waals surface area contributed by atoms with Gasteiger partial charge < -0.3 is 8.83 Å². The normalized spacial score (nSPS) is 11.7. The van der Waals surface area contributed by atoms with Crippen LogP contribution in [0.15, 0.2) is 140 Å². The molecule has 0 atom stereocenters. The van der Waals surface area contributed by atoms with E-state index >= 15 is 0 Å². The standard InChI is InChI=1S/C40H24Cl2O4/c41-32-17-9-7-11-25(32)19-21-29-30-23-24-34-37(38(30)46-40(44)35(29)27-13-3-1-4-14-27)31(22-20-26-12-8-10-18-33(26)42)36(39(43)45-34)28-15-5-2-6-16-28/h1-24H/b21-19+,22-20+. The molecule has 0 aliphatic rings. The number of benzene rings is 5. The van der Waals surface area contributed by atoms with Crippen LogP contribution in [0.3, 0.4) is 0 Å². The molecule has 0 saturated carbocycles. The Morgan fingerprint density at radius 1 is 0.478 bits per heavy atom. The predicted molar refractivity (Wildman–Crippen MR) is 190 cm³/mol. The van der Waals surface area contributed by atoms with E-state index in [9.17, 15) is 9.59 Å². The summed E-state index contributed by atoms with van der Waals surface area (Å²) < 4.78 is 12.1. The van der Waals surface area contributed by atoms with Crippen molar-refractivity contribution in [1.82, 2.24) is 0 Å². The molecule has 0 saturated heterocycles. The second-order valence-corrected chi connectivity index (χ2v) is 11.4. The fraction of sp³-hybridized carbons (Fsp3) is 0. The highest BCUT2D eigenvalue weighted by Gasteiger charge is 2.22. The summed E-state index contributed by atoms with van der Waals surface area (Å²) in [6.07, 6.45) is 7.43. The SMILES string of the molecule is O=c1oc2c(ccc3oc(=O)c(-c4ccccc4)c(/C=C/c4ccccc4Cl)c32)c(/C=C/c2ccccc2Cl)c1-c1ccccc1. The second kappa shape index (κ2) is 12.5. The molecule has 0 spiro atoms. The lowest BCUT2D eigenvalue weighted by Gasteiger charge is -2.14. The van der Waals surface area contributed by atoms with Gasteiger partial charge in [-0.3, -0.25) is 0 Å². The molecule has 4 nitrogen and oxygen atoms in total. The molecule has 0 fully saturated rings. The first kappa shape index (κ1) is 29.3. The van der Waals surface area contributed by atoms with Crippen LogP contribution >= 0.6 is 23.2 Å². The average molecular weight is 640 g/mol. The zero-order chi connectivity index (χ0) is 31.6. The quantitative estimate of drug-likeness (QED) is 0.134. The van der Waals surface area contributed by atoms with E-state index in [0.29, 0.717) is 59.8 Å². The van der Waals surface area contributed by atoms with E-state index in [0.717, 1.165) is 11.1 Å². The summed E-state index contributed by atoms with van der Waals surface area (Å²) in [7, 11) is 0. The van der Waals surface area contributed by atoms with Crippen molar-refractivity contribution in [2.75, 3.05) is 0 Å². The Morgan fingerprint density at radius 3 is 1.52 bits per heavy atom. The Balaban J connectivity index is 1.60. The first-order chi connectivity index (χ1) is 22.5. The lowest BCUT2D eigenvalue weighted by molar-refractivity contribution is 0.554. The zero-order valence-electron chi connectivity index (χ0n) is 24.2. The first-order valence-corrected chi connectivity index (χ1v) is 15.3. The number of hydrogen-bond donors (Lipinski definition) is 0. The fourth-order valence-corrected chi connectivity index (χ4v) is 6.06. The van der Waals surface area contributed by atoms with E-state index in [1.54, 1.807) is 12.1 Å². The van der Waals surface area contributed by atoms with Gasteiger partial charge in [0.15, 0.2) is 5.58 Å². The van der Waals surface area contributed by atoms with Crippen LogP contribution < -0.4 is 11.3 Å². The lowest BCUT2D eigenvalue weighted by atomic mass is 9.93. The Hall–Kier alpha value is -5.42. The van der Waals surface area contributed by atoms with E-state index in [1.807, 2.05) is 133 Å². The predicted octanol–water partition coefficient (Wildman–Crippen LogP) is 10.9. The average Bonchev–Trinajstić information content (AvgIpc) is 3.07. The van der Waals surface area contributed by atoms with Crippen LogP contribution in [-0.2, 0) is 0 Å². The summed E-state index contributed by atoms with van der Waals surface area (Å²) in [6, 6.07) is 37.1. The van der Waals surface area contributed by atoms with Crippen molar-refractivity contribution in [3.63, 3.8) is 0 Å². The number of fused-ring (bicyclic) bond motifs is 3. The number of hydrogen-bond acceptors (Lipinski definition) is 4. The van der Waals surface area contributed by atoms with Crippen molar-refractivity contribution in [2.24, 2.45) is 0 Å². The van der Waals surface area contributed by atoms with Crippen LogP contribution in [0.1, 0.15) is 22.3 Å². The Kier molecular flexibility index (Phi) is 7.98. The Bertz CT molecular complexity index is 2420. The van der Waals surface area contributed by atoms with Crippen molar-refractivity contribution in [1.29, 1.82) is 0 Å². The minimum atomic E-state index is -0.529. The molecule has 0 aliphatic carbocycles. The smallest absolute Gasteiger partial charge is 0.344 e. The van der Waals surface area contributed by atoms with Gasteiger partial charge in [-0.25, -0.2) is 9.59 Å².